The summed E-state index contributed by atoms with van der Waals surface area (Å²) in [4.78, 5) is 0. The lowest BCUT2D eigenvalue weighted by molar-refractivity contribution is 0.199. The van der Waals surface area contributed by atoms with Crippen LogP contribution in [0.5, 0.6) is 0 Å². The monoisotopic (exact) mass is 272 g/mol. The lowest BCUT2D eigenvalue weighted by Crippen LogP contribution is -2.00. The Labute approximate surface area is 118 Å². The Bertz CT molecular complexity index is 566. The van der Waals surface area contributed by atoms with Crippen molar-refractivity contribution in [2.24, 2.45) is 0 Å². The summed E-state index contributed by atoms with van der Waals surface area (Å²) >= 11 is 0. The molecule has 2 rings (SSSR count). The van der Waals surface area contributed by atoms with Crippen molar-refractivity contribution < 1.29 is 10.2 Å². The third-order valence-electron chi connectivity index (χ3n) is 3.41. The van der Waals surface area contributed by atoms with Crippen LogP contribution in [-0.4, -0.2) is 10.2 Å². The van der Waals surface area contributed by atoms with Gasteiger partial charge < -0.3 is 21.7 Å². The molecule has 0 aliphatic heterocycles. The number of rotatable bonds is 3. The SMILES string of the molecule is CC(O)c1cc(-c2ccc(N)c(C(C)O)c2)ccc1N. The van der Waals surface area contributed by atoms with Gasteiger partial charge in [0.05, 0.1) is 12.2 Å². The van der Waals surface area contributed by atoms with Crippen molar-refractivity contribution in [1.29, 1.82) is 0 Å². The summed E-state index contributed by atoms with van der Waals surface area (Å²) in [5.41, 5.74) is 16.1. The number of aliphatic hydroxyl groups excluding tert-OH is 2. The molecule has 106 valence electrons. The maximum atomic E-state index is 9.72. The molecule has 4 heteroatoms. The molecule has 0 radical (unpaired) electrons. The molecule has 6 N–H and O–H groups in total. The maximum absolute atomic E-state index is 9.72. The van der Waals surface area contributed by atoms with Crippen LogP contribution in [0.4, 0.5) is 11.4 Å². The topological polar surface area (TPSA) is 92.5 Å². The zero-order valence-corrected chi connectivity index (χ0v) is 11.7. The molecule has 0 aliphatic rings. The summed E-state index contributed by atoms with van der Waals surface area (Å²) in [5.74, 6) is 0. The molecule has 0 saturated carbocycles. The summed E-state index contributed by atoms with van der Waals surface area (Å²) in [6.45, 7) is 3.36. The van der Waals surface area contributed by atoms with Gasteiger partial charge in [-0.25, -0.2) is 0 Å². The van der Waals surface area contributed by atoms with Crippen LogP contribution in [0.2, 0.25) is 0 Å². The van der Waals surface area contributed by atoms with E-state index in [4.69, 9.17) is 11.5 Å². The van der Waals surface area contributed by atoms with Gasteiger partial charge in [-0.2, -0.15) is 0 Å². The van der Waals surface area contributed by atoms with E-state index in [0.29, 0.717) is 22.5 Å². The van der Waals surface area contributed by atoms with Crippen LogP contribution in [0.15, 0.2) is 36.4 Å². The first kappa shape index (κ1) is 14.4. The van der Waals surface area contributed by atoms with Crippen molar-refractivity contribution in [3.05, 3.63) is 47.5 Å². The van der Waals surface area contributed by atoms with Gasteiger partial charge in [0.2, 0.25) is 0 Å². The van der Waals surface area contributed by atoms with Gasteiger partial charge in [0.25, 0.3) is 0 Å². The fourth-order valence-electron chi connectivity index (χ4n) is 2.23. The van der Waals surface area contributed by atoms with Crippen LogP contribution in [0.25, 0.3) is 11.1 Å². The van der Waals surface area contributed by atoms with Crippen molar-refractivity contribution in [3.63, 3.8) is 0 Å². The first-order chi connectivity index (χ1) is 9.40. The normalized spacial score (nSPS) is 14.0. The molecule has 4 nitrogen and oxygen atoms in total. The van der Waals surface area contributed by atoms with Gasteiger partial charge in [0.1, 0.15) is 0 Å². The maximum Gasteiger partial charge on any atom is 0.0782 e. The fourth-order valence-corrected chi connectivity index (χ4v) is 2.23. The van der Waals surface area contributed by atoms with E-state index in [2.05, 4.69) is 0 Å². The summed E-state index contributed by atoms with van der Waals surface area (Å²) in [6, 6.07) is 11.0. The first-order valence-electron chi connectivity index (χ1n) is 6.55. The van der Waals surface area contributed by atoms with Crippen LogP contribution >= 0.6 is 0 Å². The smallest absolute Gasteiger partial charge is 0.0782 e. The molecule has 0 bridgehead atoms. The van der Waals surface area contributed by atoms with Gasteiger partial charge in [0, 0.05) is 22.5 Å². The Morgan fingerprint density at radius 1 is 0.750 bits per heavy atom. The van der Waals surface area contributed by atoms with Crippen molar-refractivity contribution in [1.82, 2.24) is 0 Å². The van der Waals surface area contributed by atoms with E-state index in [1.54, 1.807) is 26.0 Å². The second-order valence-corrected chi connectivity index (χ2v) is 5.04. The summed E-state index contributed by atoms with van der Waals surface area (Å²) in [7, 11) is 0. The molecule has 0 saturated heterocycles. The van der Waals surface area contributed by atoms with Crippen molar-refractivity contribution in [3.8, 4) is 11.1 Å². The van der Waals surface area contributed by atoms with Crippen LogP contribution in [0, 0.1) is 0 Å². The van der Waals surface area contributed by atoms with Crippen LogP contribution in [-0.2, 0) is 0 Å². The molecule has 0 aromatic heterocycles. The minimum absolute atomic E-state index is 0.565. The van der Waals surface area contributed by atoms with Crippen molar-refractivity contribution >= 4 is 11.4 Å². The van der Waals surface area contributed by atoms with E-state index < -0.39 is 12.2 Å². The predicted octanol–water partition coefficient (Wildman–Crippen LogP) is 2.62. The third-order valence-corrected chi connectivity index (χ3v) is 3.41. The molecule has 2 aromatic rings. The molecule has 0 spiro atoms. The lowest BCUT2D eigenvalue weighted by Gasteiger charge is -2.14. The highest BCUT2D eigenvalue weighted by atomic mass is 16.3. The number of benzene rings is 2. The van der Waals surface area contributed by atoms with E-state index in [0.717, 1.165) is 11.1 Å². The molecule has 20 heavy (non-hydrogen) atoms. The Kier molecular flexibility index (Phi) is 3.97. The molecule has 0 fully saturated rings. The van der Waals surface area contributed by atoms with Crippen LogP contribution < -0.4 is 11.5 Å². The molecule has 0 heterocycles. The zero-order valence-electron chi connectivity index (χ0n) is 11.7. The van der Waals surface area contributed by atoms with Gasteiger partial charge in [-0.1, -0.05) is 12.1 Å². The molecular formula is C16H20N2O2. The highest BCUT2D eigenvalue weighted by Gasteiger charge is 2.11. The van der Waals surface area contributed by atoms with Gasteiger partial charge in [-0.15, -0.1) is 0 Å². The summed E-state index contributed by atoms with van der Waals surface area (Å²) in [5, 5.41) is 19.4. The minimum Gasteiger partial charge on any atom is -0.398 e. The van der Waals surface area contributed by atoms with Crippen molar-refractivity contribution in [2.75, 3.05) is 11.5 Å². The Morgan fingerprint density at radius 2 is 1.10 bits per heavy atom. The molecule has 0 aliphatic carbocycles. The average molecular weight is 272 g/mol. The third kappa shape index (κ3) is 2.76. The number of nitrogens with two attached hydrogens (primary N) is 2. The lowest BCUT2D eigenvalue weighted by atomic mass is 9.96. The van der Waals surface area contributed by atoms with E-state index in [9.17, 15) is 10.2 Å². The number of anilines is 2. The molecule has 0 amide bonds. The van der Waals surface area contributed by atoms with Crippen LogP contribution in [0.1, 0.15) is 37.2 Å². The molecule has 2 aromatic carbocycles. The number of hydrogen-bond acceptors (Lipinski definition) is 4. The Hall–Kier alpha value is -2.04. The number of aliphatic hydroxyl groups is 2. The van der Waals surface area contributed by atoms with E-state index in [-0.39, 0.29) is 0 Å². The van der Waals surface area contributed by atoms with Gasteiger partial charge in [-0.3, -0.25) is 0 Å². The Morgan fingerprint density at radius 3 is 1.40 bits per heavy atom. The standard InChI is InChI=1S/C16H20N2O2/c1-9(19)13-7-11(3-5-15(13)17)12-4-6-16(18)14(8-12)10(2)20/h3-10,19-20H,17-18H2,1-2H3. The van der Waals surface area contributed by atoms with Crippen LogP contribution in [0.3, 0.4) is 0 Å². The minimum atomic E-state index is -0.625. The zero-order chi connectivity index (χ0) is 14.9. The largest absolute Gasteiger partial charge is 0.398 e. The van der Waals surface area contributed by atoms with Gasteiger partial charge in [0.15, 0.2) is 0 Å². The molecule has 2 unspecified atom stereocenters. The van der Waals surface area contributed by atoms with E-state index in [1.807, 2.05) is 24.3 Å². The highest BCUT2D eigenvalue weighted by molar-refractivity contribution is 5.71. The van der Waals surface area contributed by atoms with Gasteiger partial charge >= 0.3 is 0 Å². The highest BCUT2D eigenvalue weighted by Crippen LogP contribution is 2.31. The number of nitrogen functional groups attached to an aromatic ring is 2. The second-order valence-electron chi connectivity index (χ2n) is 5.04. The first-order valence-corrected chi connectivity index (χ1v) is 6.55. The number of hydrogen-bond donors (Lipinski definition) is 4. The Balaban J connectivity index is 2.52. The summed E-state index contributed by atoms with van der Waals surface area (Å²) < 4.78 is 0. The molecule has 2 atom stereocenters. The van der Waals surface area contributed by atoms with Crippen molar-refractivity contribution in [2.45, 2.75) is 26.1 Å². The molecular weight excluding hydrogens is 252 g/mol. The second kappa shape index (κ2) is 5.53. The average Bonchev–Trinajstić information content (AvgIpc) is 2.39. The van der Waals surface area contributed by atoms with E-state index in [1.165, 1.54) is 0 Å². The predicted molar refractivity (Wildman–Crippen MR) is 82.0 cm³/mol. The quantitative estimate of drug-likeness (QED) is 0.646. The summed E-state index contributed by atoms with van der Waals surface area (Å²) in [6.07, 6.45) is -1.25. The fraction of sp³-hybridized carbons (Fsp3) is 0.250. The van der Waals surface area contributed by atoms with E-state index >= 15 is 0 Å². The van der Waals surface area contributed by atoms with Gasteiger partial charge in [-0.05, 0) is 49.2 Å².